The molecule has 3 nitrogen and oxygen atoms in total. The first-order chi connectivity index (χ1) is 14.1. The van der Waals surface area contributed by atoms with Gasteiger partial charge in [0.15, 0.2) is 11.6 Å². The minimum Gasteiger partial charge on any atom is -0.497 e. The lowest BCUT2D eigenvalue weighted by atomic mass is 9.80. The highest BCUT2D eigenvalue weighted by Crippen LogP contribution is 2.36. The van der Waals surface area contributed by atoms with E-state index >= 15 is 0 Å². The highest BCUT2D eigenvalue weighted by atomic mass is 19.4. The monoisotopic (exact) mass is 430 g/mol. The quantitative estimate of drug-likeness (QED) is 0.381. The van der Waals surface area contributed by atoms with E-state index in [0.29, 0.717) is 18.9 Å². The summed E-state index contributed by atoms with van der Waals surface area (Å²) in [6.07, 6.45) is -2.11. The van der Waals surface area contributed by atoms with E-state index in [-0.39, 0.29) is 23.5 Å². The molecule has 0 saturated heterocycles. The molecular formula is C21H20F6N2O. The summed E-state index contributed by atoms with van der Waals surface area (Å²) in [7, 11) is 1.28. The molecule has 0 saturated carbocycles. The van der Waals surface area contributed by atoms with Gasteiger partial charge in [0.2, 0.25) is 0 Å². The van der Waals surface area contributed by atoms with Crippen molar-refractivity contribution in [1.82, 2.24) is 0 Å². The largest absolute Gasteiger partial charge is 0.497 e. The van der Waals surface area contributed by atoms with Crippen molar-refractivity contribution in [3.05, 3.63) is 70.6 Å². The molecule has 1 aliphatic carbocycles. The first-order valence-corrected chi connectivity index (χ1v) is 9.16. The Labute approximate surface area is 169 Å². The number of ether oxygens (including phenoxy) is 1. The van der Waals surface area contributed by atoms with Gasteiger partial charge in [0.05, 0.1) is 12.7 Å². The Morgan fingerprint density at radius 1 is 1.03 bits per heavy atom. The van der Waals surface area contributed by atoms with Crippen LogP contribution in [-0.2, 0) is 6.18 Å². The lowest BCUT2D eigenvalue weighted by Gasteiger charge is -2.29. The van der Waals surface area contributed by atoms with E-state index in [2.05, 4.69) is 5.32 Å². The van der Waals surface area contributed by atoms with Crippen LogP contribution in [0.1, 0.15) is 29.9 Å². The van der Waals surface area contributed by atoms with Gasteiger partial charge >= 0.3 is 6.18 Å². The first-order valence-electron chi connectivity index (χ1n) is 9.16. The van der Waals surface area contributed by atoms with Gasteiger partial charge in [-0.1, -0.05) is 11.6 Å². The summed E-state index contributed by atoms with van der Waals surface area (Å²) >= 11 is 0. The smallest absolute Gasteiger partial charge is 0.416 e. The van der Waals surface area contributed by atoms with Crippen molar-refractivity contribution in [3.8, 4) is 5.75 Å². The molecule has 3 rings (SSSR count). The van der Waals surface area contributed by atoms with Gasteiger partial charge in [-0.25, -0.2) is 13.2 Å². The first kappa shape index (κ1) is 22.0. The molecule has 1 aliphatic rings. The van der Waals surface area contributed by atoms with Crippen LogP contribution in [0.2, 0.25) is 0 Å². The maximum Gasteiger partial charge on any atom is 0.416 e. The molecule has 0 unspecified atom stereocenters. The van der Waals surface area contributed by atoms with Gasteiger partial charge in [0.1, 0.15) is 11.6 Å². The molecule has 162 valence electrons. The number of methoxy groups -OCH3 is 1. The molecule has 0 bridgehead atoms. The lowest BCUT2D eigenvalue weighted by Crippen LogP contribution is -2.33. The maximum atomic E-state index is 14.1. The zero-order chi connectivity index (χ0) is 22.1. The van der Waals surface area contributed by atoms with Gasteiger partial charge < -0.3 is 15.8 Å². The SMILES string of the molecule is COc1cc(NCC2=CC[C@H](c3cc(F)c(F)cc3F)[C@@H](N)C2)cc(C(F)(F)F)c1. The van der Waals surface area contributed by atoms with Gasteiger partial charge in [-0.05, 0) is 36.6 Å². The Balaban J connectivity index is 1.72. The number of hydrogen-bond donors (Lipinski definition) is 2. The van der Waals surface area contributed by atoms with Crippen LogP contribution in [0.4, 0.5) is 32.0 Å². The molecule has 9 heteroatoms. The topological polar surface area (TPSA) is 47.3 Å². The minimum atomic E-state index is -4.51. The fourth-order valence-electron chi connectivity index (χ4n) is 3.52. The molecule has 0 amide bonds. The Morgan fingerprint density at radius 2 is 1.73 bits per heavy atom. The second kappa shape index (κ2) is 8.59. The molecule has 0 aromatic heterocycles. The molecule has 0 radical (unpaired) electrons. The average molecular weight is 430 g/mol. The Bertz CT molecular complexity index is 957. The summed E-state index contributed by atoms with van der Waals surface area (Å²) in [5, 5.41) is 2.92. The molecule has 2 aromatic rings. The highest BCUT2D eigenvalue weighted by Gasteiger charge is 2.32. The summed E-state index contributed by atoms with van der Waals surface area (Å²) in [5.41, 5.74) is 6.34. The molecule has 2 atom stereocenters. The summed E-state index contributed by atoms with van der Waals surface area (Å²) in [6, 6.07) is 4.09. The van der Waals surface area contributed by atoms with Crippen LogP contribution in [-0.4, -0.2) is 19.7 Å². The molecule has 3 N–H and O–H groups in total. The zero-order valence-electron chi connectivity index (χ0n) is 16.0. The lowest BCUT2D eigenvalue weighted by molar-refractivity contribution is -0.137. The predicted molar refractivity (Wildman–Crippen MR) is 101 cm³/mol. The van der Waals surface area contributed by atoms with Crippen LogP contribution in [0, 0.1) is 17.5 Å². The summed E-state index contributed by atoms with van der Waals surface area (Å²) in [6.45, 7) is 0.227. The Morgan fingerprint density at radius 3 is 2.37 bits per heavy atom. The third kappa shape index (κ3) is 4.89. The van der Waals surface area contributed by atoms with Crippen molar-refractivity contribution in [2.45, 2.75) is 31.0 Å². The molecule has 0 aliphatic heterocycles. The van der Waals surface area contributed by atoms with E-state index in [1.807, 2.05) is 0 Å². The fraction of sp³-hybridized carbons (Fsp3) is 0.333. The molecular weight excluding hydrogens is 410 g/mol. The Kier molecular flexibility index (Phi) is 6.30. The van der Waals surface area contributed by atoms with Crippen LogP contribution in [0.3, 0.4) is 0 Å². The Hall–Kier alpha value is -2.68. The van der Waals surface area contributed by atoms with E-state index in [9.17, 15) is 26.3 Å². The van der Waals surface area contributed by atoms with Gasteiger partial charge in [0.25, 0.3) is 0 Å². The van der Waals surface area contributed by atoms with E-state index < -0.39 is 41.2 Å². The number of allylic oxidation sites excluding steroid dienone is 1. The minimum absolute atomic E-state index is 0.00674. The molecule has 0 fully saturated rings. The van der Waals surface area contributed by atoms with Crippen molar-refractivity contribution in [2.75, 3.05) is 19.0 Å². The third-order valence-electron chi connectivity index (χ3n) is 5.10. The number of nitrogens with one attached hydrogen (secondary N) is 1. The number of halogens is 6. The molecule has 2 aromatic carbocycles. The van der Waals surface area contributed by atoms with Crippen molar-refractivity contribution < 1.29 is 31.1 Å². The van der Waals surface area contributed by atoms with E-state index in [4.69, 9.17) is 10.5 Å². The second-order valence-corrected chi connectivity index (χ2v) is 7.16. The number of rotatable bonds is 5. The number of hydrogen-bond acceptors (Lipinski definition) is 3. The average Bonchev–Trinajstić information content (AvgIpc) is 2.68. The van der Waals surface area contributed by atoms with Crippen molar-refractivity contribution in [3.63, 3.8) is 0 Å². The van der Waals surface area contributed by atoms with E-state index in [0.717, 1.165) is 23.8 Å². The molecule has 0 heterocycles. The van der Waals surface area contributed by atoms with Crippen LogP contribution in [0.15, 0.2) is 42.0 Å². The number of benzene rings is 2. The van der Waals surface area contributed by atoms with Crippen molar-refractivity contribution in [1.29, 1.82) is 0 Å². The van der Waals surface area contributed by atoms with Crippen LogP contribution < -0.4 is 15.8 Å². The summed E-state index contributed by atoms with van der Waals surface area (Å²) in [4.78, 5) is 0. The van der Waals surface area contributed by atoms with Crippen LogP contribution in [0.25, 0.3) is 0 Å². The van der Waals surface area contributed by atoms with Gasteiger partial charge in [-0.15, -0.1) is 0 Å². The third-order valence-corrected chi connectivity index (χ3v) is 5.10. The van der Waals surface area contributed by atoms with Crippen LogP contribution in [0.5, 0.6) is 5.75 Å². The zero-order valence-corrected chi connectivity index (χ0v) is 16.0. The van der Waals surface area contributed by atoms with Gasteiger partial charge in [0, 0.05) is 36.3 Å². The summed E-state index contributed by atoms with van der Waals surface area (Å²) < 4.78 is 84.7. The molecule has 30 heavy (non-hydrogen) atoms. The van der Waals surface area contributed by atoms with Gasteiger partial charge in [-0.2, -0.15) is 13.2 Å². The van der Waals surface area contributed by atoms with Crippen molar-refractivity contribution in [2.24, 2.45) is 5.73 Å². The highest BCUT2D eigenvalue weighted by molar-refractivity contribution is 5.53. The van der Waals surface area contributed by atoms with Crippen LogP contribution >= 0.6 is 0 Å². The maximum absolute atomic E-state index is 14.1. The van der Waals surface area contributed by atoms with E-state index in [1.54, 1.807) is 6.08 Å². The van der Waals surface area contributed by atoms with Crippen molar-refractivity contribution >= 4 is 5.69 Å². The number of alkyl halides is 3. The second-order valence-electron chi connectivity index (χ2n) is 7.16. The summed E-state index contributed by atoms with van der Waals surface area (Å²) in [5.74, 6) is -3.74. The van der Waals surface area contributed by atoms with E-state index in [1.165, 1.54) is 13.2 Å². The number of anilines is 1. The molecule has 0 spiro atoms. The normalized spacial score (nSPS) is 19.4. The predicted octanol–water partition coefficient (Wildman–Crippen LogP) is 5.37. The fourth-order valence-corrected chi connectivity index (χ4v) is 3.52. The van der Waals surface area contributed by atoms with Gasteiger partial charge in [-0.3, -0.25) is 0 Å². The number of nitrogens with two attached hydrogens (primary N) is 1. The standard InChI is InChI=1S/C21H20F6N2O/c1-30-14-6-12(21(25,26)27)5-13(7-14)29-10-11-2-3-15(20(28)4-11)16-8-18(23)19(24)9-17(16)22/h2,5-9,15,20,29H,3-4,10,28H2,1H3/t15-,20+/m1/s1.